The minimum absolute atomic E-state index is 1.10. The highest BCUT2D eigenvalue weighted by atomic mass is 19.1. The molecular formula is C4H3FO3. The Morgan fingerprint density at radius 3 is 2.62 bits per heavy atom. The van der Waals surface area contributed by atoms with Gasteiger partial charge >= 0.3 is 11.9 Å². The van der Waals surface area contributed by atoms with Crippen molar-refractivity contribution in [3.05, 3.63) is 0 Å². The smallest absolute Gasteiger partial charge is 0.348 e. The van der Waals surface area contributed by atoms with Gasteiger partial charge in [0.05, 0.1) is 6.40 Å². The summed E-state index contributed by atoms with van der Waals surface area (Å²) in [5.74, 6) is -2.35. The number of ether oxygens (including phenoxy) is 1. The summed E-state index contributed by atoms with van der Waals surface area (Å²) in [4.78, 5) is 20.2. The normalized spacial score (nSPS) is 39.4. The van der Waals surface area contributed by atoms with Gasteiger partial charge in [-0.25, -0.2) is 9.18 Å². The standard InChI is InChI=1S/C4H3FO3/c5-2-1-3(6)8-4(2)7/h2H,1H2/t2-/m1/s1/i1D/t1-,2-. The Bertz CT molecular complexity index is 151. The van der Waals surface area contributed by atoms with E-state index in [-0.39, 0.29) is 0 Å². The van der Waals surface area contributed by atoms with E-state index in [1.54, 1.807) is 0 Å². The third kappa shape index (κ3) is 0.685. The summed E-state index contributed by atoms with van der Waals surface area (Å²) in [7, 11) is 0. The maximum absolute atomic E-state index is 12.1. The molecule has 1 aliphatic heterocycles. The second-order valence-electron chi connectivity index (χ2n) is 1.31. The maximum Gasteiger partial charge on any atom is 0.348 e. The van der Waals surface area contributed by atoms with Crippen molar-refractivity contribution in [1.29, 1.82) is 0 Å². The zero-order valence-electron chi connectivity index (χ0n) is 4.76. The molecule has 0 spiro atoms. The van der Waals surface area contributed by atoms with Crippen LogP contribution in [0.25, 0.3) is 0 Å². The van der Waals surface area contributed by atoms with E-state index >= 15 is 0 Å². The molecule has 1 saturated heterocycles. The first-order valence-corrected chi connectivity index (χ1v) is 1.95. The molecule has 1 rings (SSSR count). The zero-order chi connectivity index (χ0) is 7.02. The van der Waals surface area contributed by atoms with Gasteiger partial charge in [0.15, 0.2) is 0 Å². The molecular weight excluding hydrogens is 115 g/mol. The van der Waals surface area contributed by atoms with E-state index in [1.807, 2.05) is 0 Å². The average molecular weight is 119 g/mol. The van der Waals surface area contributed by atoms with Crippen LogP contribution in [0.2, 0.25) is 0 Å². The first kappa shape index (κ1) is 4.00. The lowest BCUT2D eigenvalue weighted by Crippen LogP contribution is -2.06. The second kappa shape index (κ2) is 1.54. The summed E-state index contributed by atoms with van der Waals surface area (Å²) < 4.78 is 22.4. The van der Waals surface area contributed by atoms with Crippen molar-refractivity contribution in [2.24, 2.45) is 0 Å². The van der Waals surface area contributed by atoms with Crippen molar-refractivity contribution in [1.82, 2.24) is 0 Å². The molecule has 2 atom stereocenters. The molecule has 1 fully saturated rings. The number of hydrogen-bond donors (Lipinski definition) is 0. The zero-order valence-corrected chi connectivity index (χ0v) is 3.76. The number of carbonyl (C=O) groups is 2. The molecule has 0 aromatic heterocycles. The van der Waals surface area contributed by atoms with Crippen molar-refractivity contribution in [3.8, 4) is 0 Å². The molecule has 44 valence electrons. The molecule has 3 nitrogen and oxygen atoms in total. The van der Waals surface area contributed by atoms with Crippen LogP contribution in [0.3, 0.4) is 0 Å². The fourth-order valence-electron chi connectivity index (χ4n) is 0.377. The molecule has 0 radical (unpaired) electrons. The average Bonchev–Trinajstić information content (AvgIpc) is 1.98. The van der Waals surface area contributed by atoms with Gasteiger partial charge in [0.2, 0.25) is 6.17 Å². The number of hydrogen-bond acceptors (Lipinski definition) is 3. The first-order valence-electron chi connectivity index (χ1n) is 2.52. The molecule has 8 heavy (non-hydrogen) atoms. The van der Waals surface area contributed by atoms with Crippen LogP contribution in [0.5, 0.6) is 0 Å². The van der Waals surface area contributed by atoms with Crippen molar-refractivity contribution in [2.75, 3.05) is 0 Å². The van der Waals surface area contributed by atoms with E-state index in [9.17, 15) is 14.0 Å². The molecule has 0 aromatic rings. The predicted molar refractivity (Wildman–Crippen MR) is 20.6 cm³/mol. The van der Waals surface area contributed by atoms with Gasteiger partial charge in [-0.3, -0.25) is 4.79 Å². The highest BCUT2D eigenvalue weighted by molar-refractivity contribution is 5.96. The fourth-order valence-corrected chi connectivity index (χ4v) is 0.377. The van der Waals surface area contributed by atoms with Crippen LogP contribution < -0.4 is 0 Å². The van der Waals surface area contributed by atoms with Gasteiger partial charge in [-0.15, -0.1) is 0 Å². The van der Waals surface area contributed by atoms with Gasteiger partial charge in [-0.05, 0) is 0 Å². The Balaban J connectivity index is 2.77. The Morgan fingerprint density at radius 2 is 2.50 bits per heavy atom. The molecule has 1 aliphatic rings. The Labute approximate surface area is 45.8 Å². The minimum atomic E-state index is -2.09. The molecule has 0 aliphatic carbocycles. The van der Waals surface area contributed by atoms with Crippen molar-refractivity contribution in [2.45, 2.75) is 12.6 Å². The molecule has 4 heteroatoms. The van der Waals surface area contributed by atoms with Crippen molar-refractivity contribution in [3.63, 3.8) is 0 Å². The summed E-state index contributed by atoms with van der Waals surface area (Å²) in [5, 5.41) is 0. The number of rotatable bonds is 0. The maximum atomic E-state index is 12.1. The SMILES string of the molecule is [2H][C@H]1C(=O)OC(=O)[C@@H]1F. The lowest BCUT2D eigenvalue weighted by atomic mass is 10.3. The monoisotopic (exact) mass is 119 g/mol. The van der Waals surface area contributed by atoms with Crippen LogP contribution in [0.1, 0.15) is 7.77 Å². The quantitative estimate of drug-likeness (QED) is 0.327. The second-order valence-corrected chi connectivity index (χ2v) is 1.31. The number of halogens is 1. The van der Waals surface area contributed by atoms with Gasteiger partial charge in [-0.1, -0.05) is 0 Å². The molecule has 0 bridgehead atoms. The van der Waals surface area contributed by atoms with E-state index < -0.39 is 24.5 Å². The largest absolute Gasteiger partial charge is 0.391 e. The summed E-state index contributed by atoms with van der Waals surface area (Å²) in [6, 6.07) is 0. The highest BCUT2D eigenvalue weighted by Gasteiger charge is 2.32. The summed E-state index contributed by atoms with van der Waals surface area (Å²) >= 11 is 0. The van der Waals surface area contributed by atoms with Crippen molar-refractivity contribution >= 4 is 11.9 Å². The van der Waals surface area contributed by atoms with Gasteiger partial charge < -0.3 is 4.74 Å². The van der Waals surface area contributed by atoms with Crippen LogP contribution in [0.15, 0.2) is 0 Å². The topological polar surface area (TPSA) is 43.4 Å². The summed E-state index contributed by atoms with van der Waals surface area (Å²) in [6.07, 6.45) is -3.75. The first-order chi connectivity index (χ1) is 4.13. The number of alkyl halides is 1. The molecule has 0 saturated carbocycles. The molecule has 0 N–H and O–H groups in total. The Hall–Kier alpha value is -0.930. The third-order valence-electron chi connectivity index (χ3n) is 0.709. The van der Waals surface area contributed by atoms with Crippen LogP contribution >= 0.6 is 0 Å². The van der Waals surface area contributed by atoms with Crippen LogP contribution in [-0.2, 0) is 14.3 Å². The molecule has 0 amide bonds. The van der Waals surface area contributed by atoms with E-state index in [0.717, 1.165) is 0 Å². The van der Waals surface area contributed by atoms with Crippen LogP contribution in [0, 0.1) is 0 Å². The van der Waals surface area contributed by atoms with E-state index in [4.69, 9.17) is 1.37 Å². The van der Waals surface area contributed by atoms with Gasteiger partial charge in [-0.2, -0.15) is 0 Å². The van der Waals surface area contributed by atoms with Crippen molar-refractivity contribution < 1.29 is 20.1 Å². The van der Waals surface area contributed by atoms with E-state index in [1.165, 1.54) is 0 Å². The van der Waals surface area contributed by atoms with Gasteiger partial charge in [0, 0.05) is 1.37 Å². The van der Waals surface area contributed by atoms with Crippen LogP contribution in [-0.4, -0.2) is 18.1 Å². The van der Waals surface area contributed by atoms with Gasteiger partial charge in [0.25, 0.3) is 0 Å². The Kier molecular flexibility index (Phi) is 0.769. The number of carbonyl (C=O) groups excluding carboxylic acids is 2. The molecule has 1 heterocycles. The van der Waals surface area contributed by atoms with E-state index in [2.05, 4.69) is 4.74 Å². The molecule has 0 aromatic carbocycles. The third-order valence-corrected chi connectivity index (χ3v) is 0.709. The number of esters is 2. The fraction of sp³-hybridized carbons (Fsp3) is 0.500. The highest BCUT2D eigenvalue weighted by Crippen LogP contribution is 2.10. The van der Waals surface area contributed by atoms with Crippen LogP contribution in [0.4, 0.5) is 4.39 Å². The summed E-state index contributed by atoms with van der Waals surface area (Å²) in [5.41, 5.74) is 0. The Morgan fingerprint density at radius 1 is 1.88 bits per heavy atom. The lowest BCUT2D eigenvalue weighted by Gasteiger charge is -1.83. The lowest BCUT2D eigenvalue weighted by molar-refractivity contribution is -0.153. The predicted octanol–water partition coefficient (Wildman–Crippen LogP) is -0.202. The summed E-state index contributed by atoms with van der Waals surface area (Å²) in [6.45, 7) is 0. The number of cyclic esters (lactones) is 2. The van der Waals surface area contributed by atoms with Gasteiger partial charge in [0.1, 0.15) is 0 Å². The minimum Gasteiger partial charge on any atom is -0.391 e. The van der Waals surface area contributed by atoms with E-state index in [0.29, 0.717) is 0 Å². The molecule has 0 unspecified atom stereocenters.